The molecule has 1 unspecified atom stereocenters. The Labute approximate surface area is 81.1 Å². The third-order valence-corrected chi connectivity index (χ3v) is 2.03. The Morgan fingerprint density at radius 1 is 1.21 bits per heavy atom. The summed E-state index contributed by atoms with van der Waals surface area (Å²) in [6.07, 6.45) is 7.15. The lowest BCUT2D eigenvalue weighted by molar-refractivity contribution is 0.210. The lowest BCUT2D eigenvalue weighted by Crippen LogP contribution is -2.05. The Morgan fingerprint density at radius 2 is 1.93 bits per heavy atom. The van der Waals surface area contributed by atoms with Crippen LogP contribution < -0.4 is 0 Å². The second-order valence-corrected chi connectivity index (χ2v) is 3.00. The quantitative estimate of drug-likeness (QED) is 0.739. The van der Waals surface area contributed by atoms with Crippen LogP contribution in [0.4, 0.5) is 0 Å². The summed E-state index contributed by atoms with van der Waals surface area (Å²) < 4.78 is 1.76. The number of nitrogens with zero attached hydrogens (tertiary/aromatic N) is 4. The average Bonchev–Trinajstić information content (AvgIpc) is 2.65. The first-order chi connectivity index (χ1) is 6.79. The van der Waals surface area contributed by atoms with Crippen LogP contribution in [0.15, 0.2) is 31.2 Å². The highest BCUT2D eigenvalue weighted by Crippen LogP contribution is 2.18. The normalized spacial score (nSPS) is 12.7. The van der Waals surface area contributed by atoms with Gasteiger partial charge in [-0.3, -0.25) is 0 Å². The fourth-order valence-electron chi connectivity index (χ4n) is 1.25. The van der Waals surface area contributed by atoms with E-state index in [0.29, 0.717) is 5.56 Å². The number of aromatic nitrogens is 4. The van der Waals surface area contributed by atoms with E-state index >= 15 is 0 Å². The maximum absolute atomic E-state index is 9.92. The molecule has 0 aliphatic carbocycles. The molecule has 0 aromatic carbocycles. The van der Waals surface area contributed by atoms with Crippen LogP contribution in [0.5, 0.6) is 0 Å². The molecule has 1 atom stereocenters. The van der Waals surface area contributed by atoms with Crippen LogP contribution >= 0.6 is 0 Å². The van der Waals surface area contributed by atoms with Gasteiger partial charge in [0.1, 0.15) is 12.4 Å². The van der Waals surface area contributed by atoms with Gasteiger partial charge >= 0.3 is 0 Å². The second kappa shape index (κ2) is 3.55. The fraction of sp³-hybridized carbons (Fsp3) is 0.222. The van der Waals surface area contributed by atoms with Crippen molar-refractivity contribution in [2.45, 2.75) is 6.10 Å². The van der Waals surface area contributed by atoms with E-state index in [2.05, 4.69) is 15.0 Å². The van der Waals surface area contributed by atoms with Crippen LogP contribution in [0.25, 0.3) is 0 Å². The minimum atomic E-state index is -0.719. The highest BCUT2D eigenvalue weighted by Gasteiger charge is 2.13. The van der Waals surface area contributed by atoms with Gasteiger partial charge in [-0.2, -0.15) is 0 Å². The van der Waals surface area contributed by atoms with Crippen molar-refractivity contribution in [3.63, 3.8) is 0 Å². The first-order valence-corrected chi connectivity index (χ1v) is 4.18. The lowest BCUT2D eigenvalue weighted by atomic mass is 10.1. The van der Waals surface area contributed by atoms with Crippen LogP contribution in [-0.4, -0.2) is 24.6 Å². The van der Waals surface area contributed by atoms with Crippen molar-refractivity contribution in [1.82, 2.24) is 19.5 Å². The minimum Gasteiger partial charge on any atom is -0.382 e. The third-order valence-electron chi connectivity index (χ3n) is 2.03. The van der Waals surface area contributed by atoms with Gasteiger partial charge in [0.2, 0.25) is 0 Å². The van der Waals surface area contributed by atoms with Crippen LogP contribution in [0.3, 0.4) is 0 Å². The summed E-state index contributed by atoms with van der Waals surface area (Å²) in [6, 6.07) is 0. The monoisotopic (exact) mass is 190 g/mol. The number of aryl methyl sites for hydroxylation is 1. The van der Waals surface area contributed by atoms with E-state index in [0.717, 1.165) is 5.69 Å². The third kappa shape index (κ3) is 1.49. The molecule has 5 heteroatoms. The molecular formula is C9H10N4O. The zero-order valence-electron chi connectivity index (χ0n) is 7.70. The zero-order chi connectivity index (χ0) is 9.97. The largest absolute Gasteiger partial charge is 0.382 e. The van der Waals surface area contributed by atoms with Crippen molar-refractivity contribution in [2.75, 3.05) is 0 Å². The molecule has 72 valence electrons. The van der Waals surface area contributed by atoms with Crippen molar-refractivity contribution >= 4 is 0 Å². The predicted molar refractivity (Wildman–Crippen MR) is 49.3 cm³/mol. The van der Waals surface area contributed by atoms with Gasteiger partial charge in [0, 0.05) is 25.0 Å². The van der Waals surface area contributed by atoms with Crippen molar-refractivity contribution in [3.05, 3.63) is 42.5 Å². The number of aliphatic hydroxyl groups excluding tert-OH is 1. The SMILES string of the molecule is Cn1cncc1C(O)c1cncnc1. The Kier molecular flexibility index (Phi) is 2.24. The Hall–Kier alpha value is -1.75. The first kappa shape index (κ1) is 8.83. The first-order valence-electron chi connectivity index (χ1n) is 4.18. The minimum absolute atomic E-state index is 0.663. The molecule has 5 nitrogen and oxygen atoms in total. The molecule has 0 radical (unpaired) electrons. The van der Waals surface area contributed by atoms with Gasteiger partial charge in [0.25, 0.3) is 0 Å². The molecule has 0 aliphatic heterocycles. The number of aliphatic hydroxyl groups is 1. The molecule has 0 amide bonds. The van der Waals surface area contributed by atoms with E-state index in [-0.39, 0.29) is 0 Å². The summed E-state index contributed by atoms with van der Waals surface area (Å²) in [5.74, 6) is 0. The summed E-state index contributed by atoms with van der Waals surface area (Å²) in [7, 11) is 1.83. The molecule has 0 bridgehead atoms. The van der Waals surface area contributed by atoms with Gasteiger partial charge in [-0.1, -0.05) is 0 Å². The molecule has 0 spiro atoms. The molecular weight excluding hydrogens is 180 g/mol. The summed E-state index contributed by atoms with van der Waals surface area (Å²) in [5.41, 5.74) is 1.39. The van der Waals surface area contributed by atoms with E-state index < -0.39 is 6.10 Å². The van der Waals surface area contributed by atoms with Gasteiger partial charge in [0.15, 0.2) is 0 Å². The van der Waals surface area contributed by atoms with Crippen LogP contribution in [0.1, 0.15) is 17.4 Å². The van der Waals surface area contributed by atoms with E-state index in [1.807, 2.05) is 7.05 Å². The zero-order valence-corrected chi connectivity index (χ0v) is 7.70. The smallest absolute Gasteiger partial charge is 0.124 e. The molecule has 0 aliphatic rings. The number of imidazole rings is 1. The fourth-order valence-corrected chi connectivity index (χ4v) is 1.25. The highest BCUT2D eigenvalue weighted by molar-refractivity contribution is 5.19. The van der Waals surface area contributed by atoms with Gasteiger partial charge in [-0.05, 0) is 0 Å². The molecule has 14 heavy (non-hydrogen) atoms. The Bertz CT molecular complexity index is 412. The molecule has 2 rings (SSSR count). The number of hydrogen-bond donors (Lipinski definition) is 1. The topological polar surface area (TPSA) is 63.8 Å². The molecule has 2 heterocycles. The summed E-state index contributed by atoms with van der Waals surface area (Å²) >= 11 is 0. The number of rotatable bonds is 2. The number of hydrogen-bond acceptors (Lipinski definition) is 4. The summed E-state index contributed by atoms with van der Waals surface area (Å²) in [6.45, 7) is 0. The van der Waals surface area contributed by atoms with Gasteiger partial charge in [-0.15, -0.1) is 0 Å². The van der Waals surface area contributed by atoms with Crippen LogP contribution in [0, 0.1) is 0 Å². The van der Waals surface area contributed by atoms with Crippen LogP contribution in [0.2, 0.25) is 0 Å². The predicted octanol–water partition coefficient (Wildman–Crippen LogP) is 0.292. The molecule has 1 N–H and O–H groups in total. The van der Waals surface area contributed by atoms with Crippen molar-refractivity contribution in [1.29, 1.82) is 0 Å². The molecule has 2 aromatic heterocycles. The van der Waals surface area contributed by atoms with Crippen molar-refractivity contribution in [3.8, 4) is 0 Å². The highest BCUT2D eigenvalue weighted by atomic mass is 16.3. The molecule has 0 saturated heterocycles. The van der Waals surface area contributed by atoms with Crippen molar-refractivity contribution in [2.24, 2.45) is 7.05 Å². The van der Waals surface area contributed by atoms with E-state index in [9.17, 15) is 5.11 Å². The summed E-state index contributed by atoms with van der Waals surface area (Å²) in [4.78, 5) is 11.6. The maximum Gasteiger partial charge on any atom is 0.124 e. The Balaban J connectivity index is 2.34. The molecule has 0 saturated carbocycles. The lowest BCUT2D eigenvalue weighted by Gasteiger charge is -2.09. The van der Waals surface area contributed by atoms with E-state index in [4.69, 9.17) is 0 Å². The Morgan fingerprint density at radius 3 is 2.50 bits per heavy atom. The standard InChI is InChI=1S/C9H10N4O/c1-13-6-12-4-8(13)9(14)7-2-10-5-11-3-7/h2-6,9,14H,1H3. The molecule has 0 fully saturated rings. The maximum atomic E-state index is 9.92. The van der Waals surface area contributed by atoms with E-state index in [1.54, 1.807) is 29.5 Å². The van der Waals surface area contributed by atoms with Crippen molar-refractivity contribution < 1.29 is 5.11 Å². The second-order valence-electron chi connectivity index (χ2n) is 3.00. The van der Waals surface area contributed by atoms with E-state index in [1.165, 1.54) is 6.33 Å². The van der Waals surface area contributed by atoms with Gasteiger partial charge < -0.3 is 9.67 Å². The summed E-state index contributed by atoms with van der Waals surface area (Å²) in [5, 5.41) is 9.92. The molecule has 2 aromatic rings. The average molecular weight is 190 g/mol. The van der Waals surface area contributed by atoms with Crippen LogP contribution in [-0.2, 0) is 7.05 Å². The van der Waals surface area contributed by atoms with Gasteiger partial charge in [0.05, 0.1) is 18.2 Å². The van der Waals surface area contributed by atoms with Gasteiger partial charge in [-0.25, -0.2) is 15.0 Å².